The van der Waals surface area contributed by atoms with E-state index in [1.807, 2.05) is 13.0 Å². The van der Waals surface area contributed by atoms with Crippen molar-refractivity contribution in [3.63, 3.8) is 0 Å². The maximum absolute atomic E-state index is 13.3. The Morgan fingerprint density at radius 2 is 1.90 bits per heavy atom. The number of hydrogen-bond donors (Lipinski definition) is 0. The van der Waals surface area contributed by atoms with Crippen LogP contribution in [0.25, 0.3) is 11.3 Å². The minimum atomic E-state index is -4.46. The maximum atomic E-state index is 13.3. The van der Waals surface area contributed by atoms with Gasteiger partial charge in [-0.1, -0.05) is 18.2 Å². The lowest BCUT2D eigenvalue weighted by atomic mass is 10.0. The number of halogens is 3. The molecule has 2 heterocycles. The van der Waals surface area contributed by atoms with Gasteiger partial charge in [0.2, 0.25) is 5.88 Å². The van der Waals surface area contributed by atoms with Crippen molar-refractivity contribution >= 4 is 5.91 Å². The summed E-state index contributed by atoms with van der Waals surface area (Å²) < 4.78 is 49.1. The average molecular weight is 433 g/mol. The fraction of sp³-hybridized carbons (Fsp3) is 0.318. The van der Waals surface area contributed by atoms with Gasteiger partial charge in [-0.3, -0.25) is 4.79 Å². The Hall–Kier alpha value is -3.36. The second-order valence-electron chi connectivity index (χ2n) is 6.92. The van der Waals surface area contributed by atoms with Crippen LogP contribution in [0.15, 0.2) is 53.2 Å². The van der Waals surface area contributed by atoms with Gasteiger partial charge < -0.3 is 14.1 Å². The van der Waals surface area contributed by atoms with Gasteiger partial charge in [0.25, 0.3) is 5.91 Å². The normalized spacial score (nSPS) is 12.5. The van der Waals surface area contributed by atoms with E-state index >= 15 is 0 Å². The summed E-state index contributed by atoms with van der Waals surface area (Å²) in [6.07, 6.45) is -2.17. The Bertz CT molecular complexity index is 1030. The molecule has 31 heavy (non-hydrogen) atoms. The zero-order chi connectivity index (χ0) is 22.6. The van der Waals surface area contributed by atoms with Crippen molar-refractivity contribution in [3.8, 4) is 17.2 Å². The maximum Gasteiger partial charge on any atom is 0.417 e. The van der Waals surface area contributed by atoms with Crippen LogP contribution in [-0.2, 0) is 6.18 Å². The van der Waals surface area contributed by atoms with Gasteiger partial charge in [-0.25, -0.2) is 9.97 Å². The number of benzene rings is 1. The van der Waals surface area contributed by atoms with Crippen molar-refractivity contribution in [3.05, 3.63) is 65.8 Å². The molecule has 2 aromatic heterocycles. The van der Waals surface area contributed by atoms with Crippen LogP contribution >= 0.6 is 0 Å². The summed E-state index contributed by atoms with van der Waals surface area (Å²) in [4.78, 5) is 22.7. The molecule has 1 aromatic carbocycles. The van der Waals surface area contributed by atoms with Crippen molar-refractivity contribution in [1.82, 2.24) is 14.9 Å². The SMILES string of the molecule is CCN(C(=O)c1ccccc1-c1cnc(C)o1)C(C)COc1ccc(C(F)(F)F)cn1. The van der Waals surface area contributed by atoms with E-state index in [0.717, 1.165) is 18.3 Å². The van der Waals surface area contributed by atoms with E-state index in [9.17, 15) is 18.0 Å². The summed E-state index contributed by atoms with van der Waals surface area (Å²) in [6, 6.07) is 8.79. The number of aryl methyl sites for hydroxylation is 1. The van der Waals surface area contributed by atoms with Gasteiger partial charge in [0.15, 0.2) is 11.7 Å². The number of carbonyl (C=O) groups excluding carboxylic acids is 1. The Morgan fingerprint density at radius 1 is 1.16 bits per heavy atom. The Kier molecular flexibility index (Phi) is 6.62. The number of alkyl halides is 3. The standard InChI is InChI=1S/C22H22F3N3O3/c1-4-28(14(2)13-30-20-10-9-16(11-27-20)22(23,24)25)21(29)18-8-6-5-7-17(18)19-12-26-15(3)31-19/h5-12,14H,4,13H2,1-3H3. The van der Waals surface area contributed by atoms with Crippen molar-refractivity contribution in [1.29, 1.82) is 0 Å². The van der Waals surface area contributed by atoms with Gasteiger partial charge in [0.05, 0.1) is 23.4 Å². The minimum absolute atomic E-state index is 0.0564. The molecule has 1 unspecified atom stereocenters. The first-order valence-electron chi connectivity index (χ1n) is 9.69. The van der Waals surface area contributed by atoms with Gasteiger partial charge in [0.1, 0.15) is 6.61 Å². The first-order chi connectivity index (χ1) is 14.7. The lowest BCUT2D eigenvalue weighted by Crippen LogP contribution is -2.42. The molecule has 3 aromatic rings. The highest BCUT2D eigenvalue weighted by Gasteiger charge is 2.31. The largest absolute Gasteiger partial charge is 0.475 e. The van der Waals surface area contributed by atoms with Crippen LogP contribution in [0.1, 0.15) is 35.7 Å². The molecule has 9 heteroatoms. The third-order valence-corrected chi connectivity index (χ3v) is 4.71. The zero-order valence-electron chi connectivity index (χ0n) is 17.3. The number of pyridine rings is 1. The molecule has 0 saturated heterocycles. The highest BCUT2D eigenvalue weighted by molar-refractivity contribution is 6.00. The van der Waals surface area contributed by atoms with Crippen molar-refractivity contribution < 1.29 is 27.1 Å². The van der Waals surface area contributed by atoms with Gasteiger partial charge in [-0.2, -0.15) is 13.2 Å². The van der Waals surface area contributed by atoms with E-state index < -0.39 is 11.7 Å². The molecule has 0 N–H and O–H groups in total. The van der Waals surface area contributed by atoms with Crippen LogP contribution < -0.4 is 4.74 Å². The van der Waals surface area contributed by atoms with E-state index in [4.69, 9.17) is 9.15 Å². The molecule has 3 rings (SSSR count). The molecule has 0 bridgehead atoms. The lowest BCUT2D eigenvalue weighted by Gasteiger charge is -2.28. The summed E-state index contributed by atoms with van der Waals surface area (Å²) in [5, 5.41) is 0. The number of nitrogens with zero attached hydrogens (tertiary/aromatic N) is 3. The molecule has 0 aliphatic rings. The van der Waals surface area contributed by atoms with Crippen LogP contribution in [0.2, 0.25) is 0 Å². The quantitative estimate of drug-likeness (QED) is 0.525. The van der Waals surface area contributed by atoms with Crippen molar-refractivity contribution in [2.45, 2.75) is 33.0 Å². The third kappa shape index (κ3) is 5.22. The predicted molar refractivity (Wildman–Crippen MR) is 108 cm³/mol. The molecule has 164 valence electrons. The Labute approximate surface area is 177 Å². The van der Waals surface area contributed by atoms with E-state index in [1.54, 1.807) is 43.1 Å². The van der Waals surface area contributed by atoms with E-state index in [-0.39, 0.29) is 24.4 Å². The lowest BCUT2D eigenvalue weighted by molar-refractivity contribution is -0.137. The molecule has 0 spiro atoms. The minimum Gasteiger partial charge on any atom is -0.475 e. The third-order valence-electron chi connectivity index (χ3n) is 4.71. The van der Waals surface area contributed by atoms with Crippen LogP contribution in [0.5, 0.6) is 5.88 Å². The molecular weight excluding hydrogens is 411 g/mol. The van der Waals surface area contributed by atoms with Crippen molar-refractivity contribution in [2.75, 3.05) is 13.2 Å². The monoisotopic (exact) mass is 433 g/mol. The molecule has 1 amide bonds. The molecule has 0 aliphatic heterocycles. The summed E-state index contributed by atoms with van der Waals surface area (Å²) in [6.45, 7) is 5.84. The number of amides is 1. The van der Waals surface area contributed by atoms with E-state index in [1.165, 1.54) is 0 Å². The Morgan fingerprint density at radius 3 is 2.48 bits per heavy atom. The highest BCUT2D eigenvalue weighted by atomic mass is 19.4. The van der Waals surface area contributed by atoms with Gasteiger partial charge in [-0.05, 0) is 26.0 Å². The topological polar surface area (TPSA) is 68.5 Å². The number of carbonyl (C=O) groups is 1. The number of rotatable bonds is 7. The fourth-order valence-corrected chi connectivity index (χ4v) is 3.11. The van der Waals surface area contributed by atoms with Gasteiger partial charge in [-0.15, -0.1) is 0 Å². The zero-order valence-corrected chi connectivity index (χ0v) is 17.3. The van der Waals surface area contributed by atoms with Gasteiger partial charge >= 0.3 is 6.18 Å². The second-order valence-corrected chi connectivity index (χ2v) is 6.92. The predicted octanol–water partition coefficient (Wildman–Crippen LogP) is 4.99. The molecule has 0 saturated carbocycles. The molecule has 1 atom stereocenters. The fourth-order valence-electron chi connectivity index (χ4n) is 3.11. The number of ether oxygens (including phenoxy) is 1. The molecule has 0 radical (unpaired) electrons. The average Bonchev–Trinajstić information content (AvgIpc) is 3.18. The summed E-state index contributed by atoms with van der Waals surface area (Å²) in [5.74, 6) is 0.829. The first-order valence-corrected chi connectivity index (χ1v) is 9.69. The van der Waals surface area contributed by atoms with Gasteiger partial charge in [0, 0.05) is 31.3 Å². The molecular formula is C22H22F3N3O3. The second kappa shape index (κ2) is 9.20. The van der Waals surface area contributed by atoms with Crippen LogP contribution in [0.4, 0.5) is 13.2 Å². The first kappa shape index (κ1) is 22.3. The van der Waals surface area contributed by atoms with Crippen LogP contribution in [0.3, 0.4) is 0 Å². The molecule has 6 nitrogen and oxygen atoms in total. The van der Waals surface area contributed by atoms with Crippen molar-refractivity contribution in [2.24, 2.45) is 0 Å². The summed E-state index contributed by atoms with van der Waals surface area (Å²) in [7, 11) is 0. The Balaban J connectivity index is 1.72. The molecule has 0 fully saturated rings. The van der Waals surface area contributed by atoms with Crippen LogP contribution in [0, 0.1) is 6.92 Å². The highest BCUT2D eigenvalue weighted by Crippen LogP contribution is 2.29. The number of aromatic nitrogens is 2. The van der Waals surface area contributed by atoms with E-state index in [2.05, 4.69) is 9.97 Å². The number of likely N-dealkylation sites (N-methyl/N-ethyl adjacent to an activating group) is 1. The number of oxazole rings is 1. The van der Waals surface area contributed by atoms with Crippen LogP contribution in [-0.4, -0.2) is 40.0 Å². The summed E-state index contributed by atoms with van der Waals surface area (Å²) in [5.41, 5.74) is 0.238. The molecule has 0 aliphatic carbocycles. The summed E-state index contributed by atoms with van der Waals surface area (Å²) >= 11 is 0. The van der Waals surface area contributed by atoms with E-state index in [0.29, 0.717) is 29.3 Å². The smallest absolute Gasteiger partial charge is 0.417 e. The number of hydrogen-bond acceptors (Lipinski definition) is 5.